The summed E-state index contributed by atoms with van der Waals surface area (Å²) in [6, 6.07) is 11.1. The molecule has 9 heteroatoms. The second-order valence-corrected chi connectivity index (χ2v) is 9.08. The summed E-state index contributed by atoms with van der Waals surface area (Å²) in [5, 5.41) is 2.81. The van der Waals surface area contributed by atoms with Crippen LogP contribution >= 0.6 is 11.6 Å². The lowest BCUT2D eigenvalue weighted by molar-refractivity contribution is -0.123. The van der Waals surface area contributed by atoms with Crippen molar-refractivity contribution in [1.82, 2.24) is 4.72 Å². The van der Waals surface area contributed by atoms with Gasteiger partial charge in [-0.1, -0.05) is 43.6 Å². The Hall–Kier alpha value is -2.42. The summed E-state index contributed by atoms with van der Waals surface area (Å²) in [7, 11) is -2.51. The molecule has 7 nitrogen and oxygen atoms in total. The number of hydrogen-bond acceptors (Lipinski definition) is 5. The molecule has 0 spiro atoms. The van der Waals surface area contributed by atoms with Crippen LogP contribution in [0.5, 0.6) is 0 Å². The van der Waals surface area contributed by atoms with Gasteiger partial charge >= 0.3 is 5.97 Å². The Labute approximate surface area is 181 Å². The highest BCUT2D eigenvalue weighted by molar-refractivity contribution is 7.89. The number of nitrogens with one attached hydrogen (secondary N) is 2. The summed E-state index contributed by atoms with van der Waals surface area (Å²) in [5.74, 6) is -1.16. The monoisotopic (exact) mass is 452 g/mol. The molecule has 2 N–H and O–H groups in total. The SMILES string of the molecule is CCC(C)c1ccccc1NC(=O)C(C)OC(=O)c1cc(S(=O)(=O)NC)ccc1Cl. The number of rotatable bonds is 8. The molecule has 0 heterocycles. The van der Waals surface area contributed by atoms with E-state index in [1.54, 1.807) is 6.07 Å². The maximum Gasteiger partial charge on any atom is 0.340 e. The van der Waals surface area contributed by atoms with E-state index in [1.807, 2.05) is 18.2 Å². The first-order valence-electron chi connectivity index (χ1n) is 9.44. The molecule has 0 aliphatic heterocycles. The number of carbonyl (C=O) groups is 2. The first-order valence-corrected chi connectivity index (χ1v) is 11.3. The highest BCUT2D eigenvalue weighted by Gasteiger charge is 2.23. The number of amides is 1. The van der Waals surface area contributed by atoms with Crippen LogP contribution in [0.1, 0.15) is 49.0 Å². The van der Waals surface area contributed by atoms with Crippen molar-refractivity contribution >= 4 is 39.2 Å². The predicted molar refractivity (Wildman–Crippen MR) is 116 cm³/mol. The van der Waals surface area contributed by atoms with E-state index < -0.39 is 28.0 Å². The van der Waals surface area contributed by atoms with E-state index >= 15 is 0 Å². The molecule has 2 unspecified atom stereocenters. The van der Waals surface area contributed by atoms with Gasteiger partial charge in [0.2, 0.25) is 10.0 Å². The minimum Gasteiger partial charge on any atom is -0.449 e. The number of esters is 1. The molecule has 0 fully saturated rings. The number of carbonyl (C=O) groups excluding carboxylic acids is 2. The van der Waals surface area contributed by atoms with E-state index in [2.05, 4.69) is 23.9 Å². The standard InChI is InChI=1S/C21H25ClN2O5S/c1-5-13(2)16-8-6-7-9-19(16)24-20(25)14(3)29-21(26)17-12-15(10-11-18(17)22)30(27,28)23-4/h6-14,23H,5H2,1-4H3,(H,24,25). The largest absolute Gasteiger partial charge is 0.449 e. The summed E-state index contributed by atoms with van der Waals surface area (Å²) < 4.78 is 31.3. The van der Waals surface area contributed by atoms with Crippen molar-refractivity contribution in [2.75, 3.05) is 12.4 Å². The van der Waals surface area contributed by atoms with Gasteiger partial charge in [-0.05, 0) is 56.1 Å². The first kappa shape index (κ1) is 23.9. The van der Waals surface area contributed by atoms with Crippen LogP contribution in [0, 0.1) is 0 Å². The van der Waals surface area contributed by atoms with E-state index in [4.69, 9.17) is 16.3 Å². The molecule has 1 amide bonds. The van der Waals surface area contributed by atoms with Crippen LogP contribution in [0.4, 0.5) is 5.69 Å². The van der Waals surface area contributed by atoms with Crippen molar-refractivity contribution in [2.24, 2.45) is 0 Å². The number of halogens is 1. The zero-order valence-electron chi connectivity index (χ0n) is 17.2. The number of sulfonamides is 1. The van der Waals surface area contributed by atoms with Gasteiger partial charge < -0.3 is 10.1 Å². The van der Waals surface area contributed by atoms with Gasteiger partial charge in [-0.3, -0.25) is 4.79 Å². The van der Waals surface area contributed by atoms with Crippen LogP contribution in [-0.2, 0) is 19.6 Å². The smallest absolute Gasteiger partial charge is 0.340 e. The van der Waals surface area contributed by atoms with Crippen LogP contribution in [0.3, 0.4) is 0 Å². The van der Waals surface area contributed by atoms with Gasteiger partial charge in [0.25, 0.3) is 5.91 Å². The van der Waals surface area contributed by atoms with E-state index in [1.165, 1.54) is 26.1 Å². The lowest BCUT2D eigenvalue weighted by Gasteiger charge is -2.18. The van der Waals surface area contributed by atoms with Crippen molar-refractivity contribution in [2.45, 2.75) is 44.1 Å². The molecule has 0 aliphatic rings. The second kappa shape index (κ2) is 10.1. The van der Waals surface area contributed by atoms with Gasteiger partial charge in [0, 0.05) is 5.69 Å². The van der Waals surface area contributed by atoms with E-state index in [-0.39, 0.29) is 21.4 Å². The summed E-state index contributed by atoms with van der Waals surface area (Å²) in [6.07, 6.45) is -0.218. The molecule has 0 saturated heterocycles. The second-order valence-electron chi connectivity index (χ2n) is 6.78. The zero-order chi connectivity index (χ0) is 22.5. The molecule has 0 bridgehead atoms. The summed E-state index contributed by atoms with van der Waals surface area (Å²) in [5.41, 5.74) is 1.49. The van der Waals surface area contributed by atoms with Gasteiger partial charge in [-0.25, -0.2) is 17.9 Å². The van der Waals surface area contributed by atoms with Gasteiger partial charge in [-0.15, -0.1) is 0 Å². The number of hydrogen-bond donors (Lipinski definition) is 2. The third kappa shape index (κ3) is 5.59. The molecule has 2 aromatic rings. The van der Waals surface area contributed by atoms with E-state index in [0.29, 0.717) is 5.69 Å². The fraction of sp³-hybridized carbons (Fsp3) is 0.333. The number of anilines is 1. The molecule has 2 aromatic carbocycles. The van der Waals surface area contributed by atoms with Gasteiger partial charge in [0.05, 0.1) is 15.5 Å². The molecule has 0 aromatic heterocycles. The third-order valence-corrected chi connectivity index (χ3v) is 6.49. The van der Waals surface area contributed by atoms with Crippen LogP contribution in [0.25, 0.3) is 0 Å². The molecule has 2 atom stereocenters. The first-order chi connectivity index (χ1) is 14.1. The normalized spacial score (nSPS) is 13.4. The van der Waals surface area contributed by atoms with Crippen molar-refractivity contribution in [3.05, 3.63) is 58.6 Å². The quantitative estimate of drug-likeness (QED) is 0.590. The molecule has 30 heavy (non-hydrogen) atoms. The number of ether oxygens (including phenoxy) is 1. The highest BCUT2D eigenvalue weighted by Crippen LogP contribution is 2.27. The van der Waals surface area contributed by atoms with E-state index in [0.717, 1.165) is 18.1 Å². The third-order valence-electron chi connectivity index (χ3n) is 4.75. The van der Waals surface area contributed by atoms with Crippen LogP contribution in [-0.4, -0.2) is 33.4 Å². The Balaban J connectivity index is 2.17. The van der Waals surface area contributed by atoms with Crippen molar-refractivity contribution < 1.29 is 22.7 Å². The van der Waals surface area contributed by atoms with Gasteiger partial charge in [0.1, 0.15) is 0 Å². The summed E-state index contributed by atoms with van der Waals surface area (Å²) in [6.45, 7) is 5.55. The number of benzene rings is 2. The molecule has 162 valence electrons. The minimum absolute atomic E-state index is 0.0183. The Kier molecular flexibility index (Phi) is 8.00. The topological polar surface area (TPSA) is 102 Å². The molecular formula is C21H25ClN2O5S. The molecule has 0 aliphatic carbocycles. The maximum absolute atomic E-state index is 12.6. The lowest BCUT2D eigenvalue weighted by Crippen LogP contribution is -2.30. The van der Waals surface area contributed by atoms with E-state index in [9.17, 15) is 18.0 Å². The Morgan fingerprint density at radius 2 is 1.80 bits per heavy atom. The fourth-order valence-corrected chi connectivity index (χ4v) is 3.67. The van der Waals surface area contributed by atoms with Crippen LogP contribution < -0.4 is 10.0 Å². The van der Waals surface area contributed by atoms with Crippen molar-refractivity contribution in [3.63, 3.8) is 0 Å². The maximum atomic E-state index is 12.6. The highest BCUT2D eigenvalue weighted by atomic mass is 35.5. The molecule has 0 saturated carbocycles. The average molecular weight is 453 g/mol. The zero-order valence-corrected chi connectivity index (χ0v) is 18.8. The van der Waals surface area contributed by atoms with Gasteiger partial charge in [0.15, 0.2) is 6.10 Å². The lowest BCUT2D eigenvalue weighted by atomic mass is 9.97. The Bertz CT molecular complexity index is 1040. The molecule has 2 rings (SSSR count). The van der Waals surface area contributed by atoms with Crippen molar-refractivity contribution in [1.29, 1.82) is 0 Å². The molecular weight excluding hydrogens is 428 g/mol. The molecule has 0 radical (unpaired) electrons. The predicted octanol–water partition coefficient (Wildman–Crippen LogP) is 3.95. The van der Waals surface area contributed by atoms with Crippen molar-refractivity contribution in [3.8, 4) is 0 Å². The van der Waals surface area contributed by atoms with Gasteiger partial charge in [-0.2, -0.15) is 0 Å². The summed E-state index contributed by atoms with van der Waals surface area (Å²) in [4.78, 5) is 25.0. The number of para-hydroxylation sites is 1. The summed E-state index contributed by atoms with van der Waals surface area (Å²) >= 11 is 6.03. The average Bonchev–Trinajstić information content (AvgIpc) is 2.73. The fourth-order valence-electron chi connectivity index (χ4n) is 2.72. The van der Waals surface area contributed by atoms with Crippen LogP contribution in [0.2, 0.25) is 5.02 Å². The Morgan fingerprint density at radius 1 is 1.13 bits per heavy atom. The minimum atomic E-state index is -3.77. The van der Waals surface area contributed by atoms with Crippen LogP contribution in [0.15, 0.2) is 47.4 Å². The Morgan fingerprint density at radius 3 is 2.43 bits per heavy atom.